The highest BCUT2D eigenvalue weighted by molar-refractivity contribution is 5.78. The van der Waals surface area contributed by atoms with Gasteiger partial charge in [0.25, 0.3) is 0 Å². The standard InChI is InChI=1S/C22H23F2N5O/c23-18-7-6-17(12-19(18)24)15-28-9-8-20-26-27-21(29(20)11-10-28)14-25-22(30)13-16-4-2-1-3-5-16/h1-7,12H,8-11,13-15H2,(H,25,30). The van der Waals surface area contributed by atoms with Crippen LogP contribution in [0.4, 0.5) is 8.78 Å². The van der Waals surface area contributed by atoms with Crippen molar-refractivity contribution < 1.29 is 13.6 Å². The van der Waals surface area contributed by atoms with Crippen molar-refractivity contribution in [3.8, 4) is 0 Å². The van der Waals surface area contributed by atoms with Gasteiger partial charge in [-0.25, -0.2) is 8.78 Å². The normalized spacial score (nSPS) is 14.2. The molecule has 0 saturated carbocycles. The Morgan fingerprint density at radius 3 is 2.60 bits per heavy atom. The second-order valence-electron chi connectivity index (χ2n) is 7.40. The first-order valence-electron chi connectivity index (χ1n) is 9.96. The Morgan fingerprint density at radius 1 is 0.967 bits per heavy atom. The summed E-state index contributed by atoms with van der Waals surface area (Å²) in [6.07, 6.45) is 1.03. The van der Waals surface area contributed by atoms with Crippen molar-refractivity contribution in [2.45, 2.75) is 32.5 Å². The van der Waals surface area contributed by atoms with Crippen molar-refractivity contribution in [2.24, 2.45) is 0 Å². The van der Waals surface area contributed by atoms with Gasteiger partial charge in [-0.2, -0.15) is 0 Å². The van der Waals surface area contributed by atoms with E-state index in [2.05, 4.69) is 20.4 Å². The Kier molecular flexibility index (Phi) is 6.13. The van der Waals surface area contributed by atoms with Gasteiger partial charge < -0.3 is 9.88 Å². The molecule has 0 aliphatic carbocycles. The van der Waals surface area contributed by atoms with Crippen molar-refractivity contribution in [1.82, 2.24) is 25.0 Å². The zero-order chi connectivity index (χ0) is 20.9. The molecule has 8 heteroatoms. The largest absolute Gasteiger partial charge is 0.349 e. The number of carbonyl (C=O) groups excluding carboxylic acids is 1. The van der Waals surface area contributed by atoms with Gasteiger partial charge in [-0.15, -0.1) is 10.2 Å². The maximum atomic E-state index is 13.5. The summed E-state index contributed by atoms with van der Waals surface area (Å²) in [5, 5.41) is 11.4. The van der Waals surface area contributed by atoms with Crippen LogP contribution >= 0.6 is 0 Å². The Hall–Kier alpha value is -3.13. The molecule has 2 aromatic carbocycles. The van der Waals surface area contributed by atoms with Gasteiger partial charge in [0.15, 0.2) is 17.5 Å². The highest BCUT2D eigenvalue weighted by atomic mass is 19.2. The van der Waals surface area contributed by atoms with E-state index in [9.17, 15) is 13.6 Å². The number of hydrogen-bond acceptors (Lipinski definition) is 4. The second-order valence-corrected chi connectivity index (χ2v) is 7.40. The van der Waals surface area contributed by atoms with Crippen LogP contribution in [-0.4, -0.2) is 38.7 Å². The van der Waals surface area contributed by atoms with E-state index in [1.807, 2.05) is 34.9 Å². The zero-order valence-electron chi connectivity index (χ0n) is 16.5. The zero-order valence-corrected chi connectivity index (χ0v) is 16.5. The van der Waals surface area contributed by atoms with Crippen LogP contribution in [0.5, 0.6) is 0 Å². The number of amides is 1. The molecule has 0 radical (unpaired) electrons. The number of nitrogens with zero attached hydrogens (tertiary/aromatic N) is 4. The van der Waals surface area contributed by atoms with Crippen LogP contribution in [0.25, 0.3) is 0 Å². The number of halogens is 2. The van der Waals surface area contributed by atoms with Gasteiger partial charge in [0.1, 0.15) is 5.82 Å². The van der Waals surface area contributed by atoms with E-state index in [0.717, 1.165) is 41.9 Å². The van der Waals surface area contributed by atoms with E-state index in [0.29, 0.717) is 32.5 Å². The van der Waals surface area contributed by atoms with Gasteiger partial charge in [0.2, 0.25) is 5.91 Å². The van der Waals surface area contributed by atoms with Crippen molar-refractivity contribution in [3.05, 3.63) is 82.9 Å². The Balaban J connectivity index is 1.33. The maximum Gasteiger partial charge on any atom is 0.224 e. The summed E-state index contributed by atoms with van der Waals surface area (Å²) in [6.45, 7) is 3.02. The van der Waals surface area contributed by atoms with E-state index >= 15 is 0 Å². The van der Waals surface area contributed by atoms with Crippen LogP contribution in [0.1, 0.15) is 22.8 Å². The molecule has 0 atom stereocenters. The molecule has 0 unspecified atom stereocenters. The quantitative estimate of drug-likeness (QED) is 0.677. The van der Waals surface area contributed by atoms with Crippen molar-refractivity contribution in [1.29, 1.82) is 0 Å². The summed E-state index contributed by atoms with van der Waals surface area (Å²) >= 11 is 0. The summed E-state index contributed by atoms with van der Waals surface area (Å²) in [4.78, 5) is 14.4. The fourth-order valence-corrected chi connectivity index (χ4v) is 3.63. The first kappa shape index (κ1) is 20.2. The Morgan fingerprint density at radius 2 is 1.80 bits per heavy atom. The molecule has 0 bridgehead atoms. The fourth-order valence-electron chi connectivity index (χ4n) is 3.63. The van der Waals surface area contributed by atoms with Gasteiger partial charge in [-0.3, -0.25) is 9.69 Å². The van der Waals surface area contributed by atoms with E-state index in [-0.39, 0.29) is 5.91 Å². The smallest absolute Gasteiger partial charge is 0.224 e. The average Bonchev–Trinajstić information content (AvgIpc) is 3.02. The average molecular weight is 411 g/mol. The molecular formula is C22H23F2N5O. The molecule has 0 saturated heterocycles. The molecule has 0 spiro atoms. The first-order valence-corrected chi connectivity index (χ1v) is 9.96. The highest BCUT2D eigenvalue weighted by Crippen LogP contribution is 2.15. The lowest BCUT2D eigenvalue weighted by molar-refractivity contribution is -0.120. The van der Waals surface area contributed by atoms with Crippen LogP contribution in [0.2, 0.25) is 0 Å². The topological polar surface area (TPSA) is 63.1 Å². The number of fused-ring (bicyclic) bond motifs is 1. The molecule has 1 aromatic heterocycles. The maximum absolute atomic E-state index is 13.5. The van der Waals surface area contributed by atoms with Crippen molar-refractivity contribution in [2.75, 3.05) is 13.1 Å². The summed E-state index contributed by atoms with van der Waals surface area (Å²) in [6, 6.07) is 13.6. The predicted octanol–water partition coefficient (Wildman–Crippen LogP) is 2.47. The number of nitrogens with one attached hydrogen (secondary N) is 1. The number of rotatable bonds is 6. The lowest BCUT2D eigenvalue weighted by Crippen LogP contribution is -2.28. The van der Waals surface area contributed by atoms with Gasteiger partial charge in [-0.1, -0.05) is 36.4 Å². The minimum Gasteiger partial charge on any atom is -0.349 e. The van der Waals surface area contributed by atoms with E-state index in [1.54, 1.807) is 6.07 Å². The Labute approximate surface area is 173 Å². The molecule has 4 rings (SSSR count). The third-order valence-electron chi connectivity index (χ3n) is 5.24. The predicted molar refractivity (Wildman–Crippen MR) is 107 cm³/mol. The lowest BCUT2D eigenvalue weighted by atomic mass is 10.1. The van der Waals surface area contributed by atoms with Crippen LogP contribution in [0, 0.1) is 11.6 Å². The third-order valence-corrected chi connectivity index (χ3v) is 5.24. The summed E-state index contributed by atoms with van der Waals surface area (Å²) in [5.74, 6) is -0.129. The summed E-state index contributed by atoms with van der Waals surface area (Å²) in [7, 11) is 0. The second kappa shape index (κ2) is 9.13. The molecule has 0 fully saturated rings. The van der Waals surface area contributed by atoms with E-state index in [1.165, 1.54) is 6.07 Å². The molecule has 1 aliphatic heterocycles. The van der Waals surface area contributed by atoms with Gasteiger partial charge in [0, 0.05) is 32.6 Å². The fraction of sp³-hybridized carbons (Fsp3) is 0.318. The number of carbonyl (C=O) groups is 1. The van der Waals surface area contributed by atoms with Crippen LogP contribution in [0.15, 0.2) is 48.5 Å². The molecular weight excluding hydrogens is 388 g/mol. The lowest BCUT2D eigenvalue weighted by Gasteiger charge is -2.19. The van der Waals surface area contributed by atoms with Crippen molar-refractivity contribution in [3.63, 3.8) is 0 Å². The van der Waals surface area contributed by atoms with Crippen LogP contribution in [-0.2, 0) is 37.3 Å². The molecule has 6 nitrogen and oxygen atoms in total. The number of aromatic nitrogens is 3. The number of hydrogen-bond donors (Lipinski definition) is 1. The Bertz CT molecular complexity index is 1020. The van der Waals surface area contributed by atoms with Gasteiger partial charge in [-0.05, 0) is 23.3 Å². The monoisotopic (exact) mass is 411 g/mol. The van der Waals surface area contributed by atoms with Gasteiger partial charge in [0.05, 0.1) is 13.0 Å². The highest BCUT2D eigenvalue weighted by Gasteiger charge is 2.19. The molecule has 3 aromatic rings. The van der Waals surface area contributed by atoms with Crippen LogP contribution < -0.4 is 5.32 Å². The molecule has 2 heterocycles. The van der Waals surface area contributed by atoms with Gasteiger partial charge >= 0.3 is 0 Å². The molecule has 1 N–H and O–H groups in total. The summed E-state index contributed by atoms with van der Waals surface area (Å²) < 4.78 is 28.6. The number of benzene rings is 2. The molecule has 1 amide bonds. The van der Waals surface area contributed by atoms with Crippen molar-refractivity contribution >= 4 is 5.91 Å². The molecule has 156 valence electrons. The van der Waals surface area contributed by atoms with E-state index in [4.69, 9.17) is 0 Å². The SMILES string of the molecule is O=C(Cc1ccccc1)NCc1nnc2n1CCN(Cc1ccc(F)c(F)c1)CC2. The molecule has 30 heavy (non-hydrogen) atoms. The minimum atomic E-state index is -0.834. The first-order chi connectivity index (χ1) is 14.6. The van der Waals surface area contributed by atoms with Crippen LogP contribution in [0.3, 0.4) is 0 Å². The molecule has 1 aliphatic rings. The van der Waals surface area contributed by atoms with E-state index < -0.39 is 11.6 Å². The third kappa shape index (κ3) is 4.88. The minimum absolute atomic E-state index is 0.0628. The summed E-state index contributed by atoms with van der Waals surface area (Å²) in [5.41, 5.74) is 1.70.